The molecule has 19 heavy (non-hydrogen) atoms. The van der Waals surface area contributed by atoms with Crippen molar-refractivity contribution in [2.24, 2.45) is 0 Å². The fourth-order valence-corrected chi connectivity index (χ4v) is 2.91. The average Bonchev–Trinajstić information content (AvgIpc) is 2.88. The molecule has 0 atom stereocenters. The molecule has 0 bridgehead atoms. The molecule has 2 aromatic heterocycles. The molecule has 3 rings (SSSR count). The highest BCUT2D eigenvalue weighted by atomic mass is 32.1. The van der Waals surface area contributed by atoms with Crippen LogP contribution in [0.4, 0.5) is 5.82 Å². The maximum atomic E-state index is 6.03. The van der Waals surface area contributed by atoms with E-state index in [0.717, 1.165) is 16.0 Å². The van der Waals surface area contributed by atoms with Crippen molar-refractivity contribution in [3.63, 3.8) is 0 Å². The monoisotopic (exact) mass is 269 g/mol. The summed E-state index contributed by atoms with van der Waals surface area (Å²) in [4.78, 5) is 10.1. The Morgan fingerprint density at radius 1 is 1.05 bits per heavy atom. The van der Waals surface area contributed by atoms with Crippen LogP contribution in [0.25, 0.3) is 10.2 Å². The van der Waals surface area contributed by atoms with Crippen LogP contribution in [-0.4, -0.2) is 9.97 Å². The zero-order valence-corrected chi connectivity index (χ0v) is 11.7. The molecule has 0 aliphatic carbocycles. The molecule has 3 aromatic rings. The van der Waals surface area contributed by atoms with E-state index >= 15 is 0 Å². The van der Waals surface area contributed by atoms with Gasteiger partial charge >= 0.3 is 0 Å². The van der Waals surface area contributed by atoms with E-state index in [9.17, 15) is 0 Å². The maximum absolute atomic E-state index is 6.03. The minimum atomic E-state index is -0.256. The van der Waals surface area contributed by atoms with E-state index < -0.39 is 0 Å². The van der Waals surface area contributed by atoms with Crippen molar-refractivity contribution in [2.75, 3.05) is 5.73 Å². The normalized spacial score (nSPS) is 11.9. The van der Waals surface area contributed by atoms with Crippen LogP contribution in [0.2, 0.25) is 0 Å². The van der Waals surface area contributed by atoms with Gasteiger partial charge in [-0.25, -0.2) is 9.97 Å². The summed E-state index contributed by atoms with van der Waals surface area (Å²) in [5.74, 6) is 1.33. The largest absolute Gasteiger partial charge is 0.383 e. The number of nitrogen functional groups attached to an aromatic ring is 1. The third kappa shape index (κ3) is 1.98. The Hall–Kier alpha value is -1.94. The number of fused-ring (bicyclic) bond motifs is 1. The Bertz CT molecular complexity index is 717. The molecular formula is C15H15N3S. The van der Waals surface area contributed by atoms with E-state index in [1.807, 2.05) is 29.6 Å². The maximum Gasteiger partial charge on any atom is 0.142 e. The molecule has 0 aliphatic rings. The molecule has 3 nitrogen and oxygen atoms in total. The zero-order valence-electron chi connectivity index (χ0n) is 10.9. The van der Waals surface area contributed by atoms with E-state index in [0.29, 0.717) is 5.82 Å². The standard InChI is InChI=1S/C15H15N3S/c1-15(2,10-6-4-3-5-7-10)14-17-12(16)11-8-9-19-13(11)18-14/h3-9H,1-2H3,(H2,16,17,18). The highest BCUT2D eigenvalue weighted by molar-refractivity contribution is 7.16. The third-order valence-electron chi connectivity index (χ3n) is 3.41. The molecular weight excluding hydrogens is 254 g/mol. The first kappa shape index (κ1) is 12.1. The number of nitrogens with two attached hydrogens (primary N) is 1. The smallest absolute Gasteiger partial charge is 0.142 e. The van der Waals surface area contributed by atoms with E-state index in [-0.39, 0.29) is 5.41 Å². The van der Waals surface area contributed by atoms with Crippen molar-refractivity contribution in [2.45, 2.75) is 19.3 Å². The van der Waals surface area contributed by atoms with Gasteiger partial charge in [0.1, 0.15) is 16.5 Å². The van der Waals surface area contributed by atoms with Gasteiger partial charge in [0.15, 0.2) is 0 Å². The number of benzene rings is 1. The second-order valence-electron chi connectivity index (χ2n) is 5.06. The second kappa shape index (κ2) is 4.31. The molecule has 1 aromatic carbocycles. The van der Waals surface area contributed by atoms with Crippen LogP contribution in [0, 0.1) is 0 Å². The van der Waals surface area contributed by atoms with Gasteiger partial charge in [-0.05, 0) is 30.9 Å². The van der Waals surface area contributed by atoms with E-state index in [4.69, 9.17) is 5.73 Å². The topological polar surface area (TPSA) is 51.8 Å². The van der Waals surface area contributed by atoms with Crippen molar-refractivity contribution in [3.8, 4) is 0 Å². The summed E-state index contributed by atoms with van der Waals surface area (Å²) in [5, 5.41) is 2.94. The second-order valence-corrected chi connectivity index (χ2v) is 5.96. The summed E-state index contributed by atoms with van der Waals surface area (Å²) in [6, 6.07) is 12.2. The van der Waals surface area contributed by atoms with Gasteiger partial charge in [-0.3, -0.25) is 0 Å². The first-order chi connectivity index (χ1) is 9.09. The quantitative estimate of drug-likeness (QED) is 0.773. The Labute approximate surface area is 116 Å². The van der Waals surface area contributed by atoms with Crippen molar-refractivity contribution in [1.82, 2.24) is 9.97 Å². The lowest BCUT2D eigenvalue weighted by molar-refractivity contribution is 0.595. The number of thiophene rings is 1. The van der Waals surface area contributed by atoms with Crippen LogP contribution < -0.4 is 5.73 Å². The number of hydrogen-bond donors (Lipinski definition) is 1. The van der Waals surface area contributed by atoms with Gasteiger partial charge in [0.05, 0.1) is 5.39 Å². The Balaban J connectivity index is 2.18. The van der Waals surface area contributed by atoms with E-state index in [2.05, 4.69) is 35.9 Å². The molecule has 0 unspecified atom stereocenters. The van der Waals surface area contributed by atoms with Crippen molar-refractivity contribution in [1.29, 1.82) is 0 Å². The fourth-order valence-electron chi connectivity index (χ4n) is 2.14. The summed E-state index contributed by atoms with van der Waals surface area (Å²) in [5.41, 5.74) is 6.96. The molecule has 0 fully saturated rings. The third-order valence-corrected chi connectivity index (χ3v) is 4.22. The lowest BCUT2D eigenvalue weighted by Crippen LogP contribution is -2.22. The van der Waals surface area contributed by atoms with Gasteiger partial charge in [-0.1, -0.05) is 30.3 Å². The van der Waals surface area contributed by atoms with Crippen LogP contribution >= 0.6 is 11.3 Å². The summed E-state index contributed by atoms with van der Waals surface area (Å²) in [6.45, 7) is 4.24. The number of anilines is 1. The lowest BCUT2D eigenvalue weighted by Gasteiger charge is -2.23. The van der Waals surface area contributed by atoms with Crippen LogP contribution in [-0.2, 0) is 5.41 Å². The first-order valence-corrected chi connectivity index (χ1v) is 7.04. The average molecular weight is 269 g/mol. The zero-order chi connectivity index (χ0) is 13.5. The van der Waals surface area contributed by atoms with Gasteiger partial charge in [-0.2, -0.15) is 0 Å². The van der Waals surface area contributed by atoms with Gasteiger partial charge in [-0.15, -0.1) is 11.3 Å². The molecule has 2 N–H and O–H groups in total. The van der Waals surface area contributed by atoms with Crippen LogP contribution in [0.3, 0.4) is 0 Å². The summed E-state index contributed by atoms with van der Waals surface area (Å²) >= 11 is 1.60. The van der Waals surface area contributed by atoms with Crippen molar-refractivity contribution in [3.05, 3.63) is 53.2 Å². The molecule has 0 spiro atoms. The summed E-state index contributed by atoms with van der Waals surface area (Å²) in [7, 11) is 0. The molecule has 2 heterocycles. The fraction of sp³-hybridized carbons (Fsp3) is 0.200. The van der Waals surface area contributed by atoms with Gasteiger partial charge in [0, 0.05) is 5.41 Å². The van der Waals surface area contributed by atoms with Gasteiger partial charge < -0.3 is 5.73 Å². The molecule has 0 aliphatic heterocycles. The number of aromatic nitrogens is 2. The highest BCUT2D eigenvalue weighted by Crippen LogP contribution is 2.32. The summed E-state index contributed by atoms with van der Waals surface area (Å²) in [6.07, 6.45) is 0. The minimum Gasteiger partial charge on any atom is -0.383 e. The number of nitrogens with zero attached hydrogens (tertiary/aromatic N) is 2. The first-order valence-electron chi connectivity index (χ1n) is 6.16. The van der Waals surface area contributed by atoms with Crippen LogP contribution in [0.5, 0.6) is 0 Å². The van der Waals surface area contributed by atoms with Crippen LogP contribution in [0.15, 0.2) is 41.8 Å². The Morgan fingerprint density at radius 3 is 2.53 bits per heavy atom. The van der Waals surface area contributed by atoms with Crippen molar-refractivity contribution >= 4 is 27.4 Å². The molecule has 0 saturated carbocycles. The van der Waals surface area contributed by atoms with Crippen LogP contribution in [0.1, 0.15) is 25.2 Å². The highest BCUT2D eigenvalue weighted by Gasteiger charge is 2.27. The number of hydrogen-bond acceptors (Lipinski definition) is 4. The van der Waals surface area contributed by atoms with E-state index in [1.54, 1.807) is 11.3 Å². The predicted octanol–water partition coefficient (Wildman–Crippen LogP) is 3.60. The van der Waals surface area contributed by atoms with E-state index in [1.165, 1.54) is 5.56 Å². The molecule has 0 saturated heterocycles. The minimum absolute atomic E-state index is 0.256. The molecule has 0 radical (unpaired) electrons. The Kier molecular flexibility index (Phi) is 2.75. The Morgan fingerprint density at radius 2 is 1.79 bits per heavy atom. The number of rotatable bonds is 2. The molecule has 0 amide bonds. The SMILES string of the molecule is CC(C)(c1ccccc1)c1nc(N)c2ccsc2n1. The van der Waals surface area contributed by atoms with Gasteiger partial charge in [0.25, 0.3) is 0 Å². The lowest BCUT2D eigenvalue weighted by atomic mass is 9.84. The molecule has 96 valence electrons. The predicted molar refractivity (Wildman–Crippen MR) is 80.4 cm³/mol. The summed E-state index contributed by atoms with van der Waals surface area (Å²) < 4.78 is 0. The van der Waals surface area contributed by atoms with Crippen molar-refractivity contribution < 1.29 is 0 Å². The van der Waals surface area contributed by atoms with Gasteiger partial charge in [0.2, 0.25) is 0 Å². The molecule has 4 heteroatoms.